The molecule has 0 spiro atoms. The molecule has 0 atom stereocenters. The van der Waals surface area contributed by atoms with E-state index in [2.05, 4.69) is 87.2 Å². The van der Waals surface area contributed by atoms with E-state index in [0.717, 1.165) is 62.8 Å². The van der Waals surface area contributed by atoms with Crippen molar-refractivity contribution in [3.63, 3.8) is 0 Å². The highest BCUT2D eigenvalue weighted by Crippen LogP contribution is 2.45. The van der Waals surface area contributed by atoms with E-state index in [1.165, 1.54) is 36.0 Å². The number of aromatic nitrogens is 1. The third-order valence-electron chi connectivity index (χ3n) is 9.83. The number of hydrogen-bond acceptors (Lipinski definition) is 4. The van der Waals surface area contributed by atoms with Gasteiger partial charge >= 0.3 is 0 Å². The lowest BCUT2D eigenvalue weighted by molar-refractivity contribution is -0.117. The molecule has 1 aliphatic carbocycles. The summed E-state index contributed by atoms with van der Waals surface area (Å²) in [4.78, 5) is 42.4. The van der Waals surface area contributed by atoms with Gasteiger partial charge < -0.3 is 19.5 Å². The van der Waals surface area contributed by atoms with Crippen LogP contribution in [0, 0.1) is 13.8 Å². The van der Waals surface area contributed by atoms with Crippen LogP contribution in [0.4, 0.5) is 0 Å². The zero-order valence-electron chi connectivity index (χ0n) is 34.1. The number of aryl methyl sites for hydroxylation is 1. The minimum Gasteiger partial charge on any atom is -0.348 e. The van der Waals surface area contributed by atoms with Crippen LogP contribution >= 0.6 is 0 Å². The van der Waals surface area contributed by atoms with Crippen molar-refractivity contribution in [2.75, 3.05) is 0 Å². The maximum Gasteiger partial charge on any atom is 0.251 e. The molecule has 1 fully saturated rings. The van der Waals surface area contributed by atoms with Gasteiger partial charge in [0.25, 0.3) is 5.91 Å². The van der Waals surface area contributed by atoms with Gasteiger partial charge in [-0.2, -0.15) is 0 Å². The number of allylic oxidation sites excluding steroid dienone is 7. The number of fused-ring (bicyclic) bond motifs is 1. The number of benzene rings is 3. The zero-order valence-corrected chi connectivity index (χ0v) is 34.1. The van der Waals surface area contributed by atoms with Crippen LogP contribution < -0.4 is 5.32 Å². The Morgan fingerprint density at radius 3 is 2.16 bits per heavy atom. The van der Waals surface area contributed by atoms with Crippen LogP contribution in [0.25, 0.3) is 28.2 Å². The number of carbonyl (C=O) groups excluding carboxylic acids is 4. The minimum absolute atomic E-state index is 0.0801. The van der Waals surface area contributed by atoms with Crippen LogP contribution in [-0.2, 0) is 27.5 Å². The average molecular weight is 741 g/mol. The highest BCUT2D eigenvalue weighted by molar-refractivity contribution is 6.01. The number of nitrogens with one attached hydrogen (secondary N) is 1. The summed E-state index contributed by atoms with van der Waals surface area (Å²) >= 11 is 0. The van der Waals surface area contributed by atoms with E-state index >= 15 is 0 Å². The zero-order chi connectivity index (χ0) is 41.1. The Morgan fingerprint density at radius 2 is 1.55 bits per heavy atom. The van der Waals surface area contributed by atoms with Gasteiger partial charge in [0.05, 0.1) is 12.2 Å². The van der Waals surface area contributed by atoms with Gasteiger partial charge in [-0.05, 0) is 104 Å². The predicted molar refractivity (Wildman–Crippen MR) is 232 cm³/mol. The average Bonchev–Trinajstić information content (AvgIpc) is 3.52. The first kappa shape index (κ1) is 45.5. The van der Waals surface area contributed by atoms with Gasteiger partial charge in [-0.1, -0.05) is 131 Å². The molecule has 1 amide bonds. The van der Waals surface area contributed by atoms with Gasteiger partial charge in [-0.3, -0.25) is 9.59 Å². The lowest BCUT2D eigenvalue weighted by atomic mass is 9.81. The Balaban J connectivity index is 0.00000166. The van der Waals surface area contributed by atoms with E-state index in [4.69, 9.17) is 9.59 Å². The maximum atomic E-state index is 13.4. The SMILES string of the molecule is C=C/C=C(C)\C=C(/C)C(=C)/C=C\c1c(C)ccc(-c2c(C3CCCCC3)c3ccc(C(=O)NCc4ccccc4)cc3n2CC(C)=O)c1C.C=O.C=O.CC. The fourth-order valence-electron chi connectivity index (χ4n) is 7.24. The molecule has 0 aliphatic heterocycles. The van der Waals surface area contributed by atoms with Crippen molar-refractivity contribution in [1.82, 2.24) is 9.88 Å². The van der Waals surface area contributed by atoms with Gasteiger partial charge in [0.1, 0.15) is 19.4 Å². The molecular formula is C49H60N2O4. The molecule has 0 radical (unpaired) electrons. The van der Waals surface area contributed by atoms with Crippen LogP contribution in [0.3, 0.4) is 0 Å². The number of carbonyl (C=O) groups is 4. The maximum absolute atomic E-state index is 13.4. The number of Topliss-reactive ketones (excluding diaryl/α,β-unsaturated/α-hetero) is 1. The lowest BCUT2D eigenvalue weighted by Gasteiger charge is -2.24. The Morgan fingerprint density at radius 1 is 0.891 bits per heavy atom. The second-order valence-corrected chi connectivity index (χ2v) is 13.6. The Kier molecular flexibility index (Phi) is 19.2. The number of nitrogens with zero attached hydrogens (tertiary/aromatic N) is 1. The minimum atomic E-state index is -0.124. The van der Waals surface area contributed by atoms with E-state index in [1.807, 2.05) is 76.0 Å². The first-order valence-electron chi connectivity index (χ1n) is 19.1. The molecule has 0 unspecified atom stereocenters. The van der Waals surface area contributed by atoms with E-state index in [0.29, 0.717) is 18.0 Å². The van der Waals surface area contributed by atoms with Gasteiger partial charge in [-0.25, -0.2) is 0 Å². The van der Waals surface area contributed by atoms with Crippen molar-refractivity contribution in [3.8, 4) is 11.3 Å². The predicted octanol–water partition coefficient (Wildman–Crippen LogP) is 11.8. The van der Waals surface area contributed by atoms with Crippen molar-refractivity contribution in [1.29, 1.82) is 0 Å². The molecule has 0 saturated heterocycles. The number of amides is 1. The van der Waals surface area contributed by atoms with Gasteiger partial charge in [0, 0.05) is 28.6 Å². The molecule has 5 rings (SSSR count). The smallest absolute Gasteiger partial charge is 0.251 e. The summed E-state index contributed by atoms with van der Waals surface area (Å²) in [6, 6.07) is 20.4. The van der Waals surface area contributed by atoms with Crippen molar-refractivity contribution in [2.45, 2.75) is 99.6 Å². The topological polar surface area (TPSA) is 85.2 Å². The van der Waals surface area contributed by atoms with E-state index < -0.39 is 0 Å². The molecule has 3 aromatic carbocycles. The fourth-order valence-corrected chi connectivity index (χ4v) is 7.24. The quantitative estimate of drug-likeness (QED) is 0.147. The van der Waals surface area contributed by atoms with Gasteiger partial charge in [-0.15, -0.1) is 0 Å². The number of rotatable bonds is 12. The van der Waals surface area contributed by atoms with Gasteiger partial charge in [0.15, 0.2) is 0 Å². The lowest BCUT2D eigenvalue weighted by Crippen LogP contribution is -2.22. The Hall–Kier alpha value is -5.62. The van der Waals surface area contributed by atoms with E-state index in [-0.39, 0.29) is 18.2 Å². The number of ketones is 1. The molecule has 0 bridgehead atoms. The highest BCUT2D eigenvalue weighted by atomic mass is 16.1. The third-order valence-corrected chi connectivity index (χ3v) is 9.83. The summed E-state index contributed by atoms with van der Waals surface area (Å²) < 4.78 is 2.18. The third kappa shape index (κ3) is 11.9. The largest absolute Gasteiger partial charge is 0.348 e. The van der Waals surface area contributed by atoms with Crippen LogP contribution in [0.2, 0.25) is 0 Å². The summed E-state index contributed by atoms with van der Waals surface area (Å²) in [6.45, 7) is 27.0. The molecule has 6 nitrogen and oxygen atoms in total. The standard InChI is InChI=1S/C45H50N2O2.C2H6.2CH2O/c1-8-15-30(2)26-33(5)31(3)20-23-39-32(4)21-24-40(35(39)7)44-43(37-18-13-10-14-19-37)41-25-22-38(27-42(41)47(44)29-34(6)48)45(49)46-28-36-16-11-9-12-17-36;3*1-2/h8-9,11-12,15-17,20-27,37H,1,3,10,13-14,18-19,28-29H2,2,4-7H3,(H,46,49);1-2H3;2*1H2/b23-20-,30-15-,33-26+;;;. The van der Waals surface area contributed by atoms with E-state index in [9.17, 15) is 9.59 Å². The summed E-state index contributed by atoms with van der Waals surface area (Å²) in [6.07, 6.45) is 16.1. The summed E-state index contributed by atoms with van der Waals surface area (Å²) in [5, 5.41) is 4.22. The molecule has 290 valence electrons. The summed E-state index contributed by atoms with van der Waals surface area (Å²) in [7, 11) is 0. The molecule has 4 aromatic rings. The van der Waals surface area contributed by atoms with Crippen LogP contribution in [0.15, 0.2) is 115 Å². The van der Waals surface area contributed by atoms with Crippen molar-refractivity contribution < 1.29 is 19.2 Å². The molecule has 1 saturated carbocycles. The Labute approximate surface area is 329 Å². The Bertz CT molecular complexity index is 2020. The van der Waals surface area contributed by atoms with Crippen LogP contribution in [0.1, 0.15) is 111 Å². The molecule has 1 heterocycles. The molecule has 55 heavy (non-hydrogen) atoms. The van der Waals surface area contributed by atoms with Crippen molar-refractivity contribution >= 4 is 42.2 Å². The summed E-state index contributed by atoms with van der Waals surface area (Å²) in [5.41, 5.74) is 12.8. The van der Waals surface area contributed by atoms with Crippen molar-refractivity contribution in [3.05, 3.63) is 148 Å². The molecule has 1 N–H and O–H groups in total. The first-order chi connectivity index (χ1) is 26.6. The highest BCUT2D eigenvalue weighted by Gasteiger charge is 2.28. The monoisotopic (exact) mass is 740 g/mol. The number of hydrogen-bond donors (Lipinski definition) is 1. The summed E-state index contributed by atoms with van der Waals surface area (Å²) in [5.74, 6) is 0.341. The molecule has 6 heteroatoms. The second-order valence-electron chi connectivity index (χ2n) is 13.6. The van der Waals surface area contributed by atoms with Crippen LogP contribution in [-0.4, -0.2) is 29.8 Å². The fraction of sp³-hybridized carbons (Fsp3) is 0.306. The van der Waals surface area contributed by atoms with E-state index in [1.54, 1.807) is 13.0 Å². The van der Waals surface area contributed by atoms with Gasteiger partial charge in [0.2, 0.25) is 0 Å². The van der Waals surface area contributed by atoms with Crippen molar-refractivity contribution in [2.24, 2.45) is 0 Å². The molecular weight excluding hydrogens is 681 g/mol. The normalized spacial score (nSPS) is 13.1. The first-order valence-corrected chi connectivity index (χ1v) is 19.1. The van der Waals surface area contributed by atoms with Crippen LogP contribution in [0.5, 0.6) is 0 Å². The molecule has 1 aromatic heterocycles. The molecule has 1 aliphatic rings. The second kappa shape index (κ2) is 23.2.